The number of rotatable bonds is 3. The highest BCUT2D eigenvalue weighted by atomic mass is 35.5. The van der Waals surface area contributed by atoms with Crippen molar-refractivity contribution in [1.29, 1.82) is 0 Å². The number of amides is 1. The van der Waals surface area contributed by atoms with Crippen molar-refractivity contribution in [3.63, 3.8) is 0 Å². The maximum atomic E-state index is 13.0. The first-order chi connectivity index (χ1) is 14.8. The molecule has 1 fully saturated rings. The molecule has 4 heterocycles. The zero-order chi connectivity index (χ0) is 21.8. The summed E-state index contributed by atoms with van der Waals surface area (Å²) in [5, 5.41) is 0. The fourth-order valence-corrected chi connectivity index (χ4v) is 8.06. The molecule has 0 radical (unpaired) electrons. The first kappa shape index (κ1) is 21.0. The van der Waals surface area contributed by atoms with Gasteiger partial charge in [0.25, 0.3) is 15.9 Å². The topological polar surface area (TPSA) is 90.2 Å². The monoisotopic (exact) mass is 499 g/mol. The van der Waals surface area contributed by atoms with Gasteiger partial charge in [0.1, 0.15) is 23.5 Å². The molecule has 0 saturated carbocycles. The molecule has 5 rings (SSSR count). The number of nitrogens with zero attached hydrogens (tertiary/aromatic N) is 3. The van der Waals surface area contributed by atoms with Crippen molar-refractivity contribution in [3.8, 4) is 11.5 Å². The smallest absolute Gasteiger partial charge is 0.266 e. The van der Waals surface area contributed by atoms with Gasteiger partial charge in [0.15, 0.2) is 16.3 Å². The second-order valence-corrected chi connectivity index (χ2v) is 12.0. The summed E-state index contributed by atoms with van der Waals surface area (Å²) in [4.78, 5) is 17.8. The van der Waals surface area contributed by atoms with Gasteiger partial charge in [0, 0.05) is 25.7 Å². The molecule has 1 amide bonds. The van der Waals surface area contributed by atoms with Gasteiger partial charge in [-0.3, -0.25) is 4.79 Å². The van der Waals surface area contributed by atoms with Crippen molar-refractivity contribution in [1.82, 2.24) is 8.87 Å². The highest BCUT2D eigenvalue weighted by Gasteiger charge is 2.40. The minimum absolute atomic E-state index is 0.134. The molecule has 31 heavy (non-hydrogen) atoms. The summed E-state index contributed by atoms with van der Waals surface area (Å²) >= 11 is 8.25. The lowest BCUT2D eigenvalue weighted by Crippen LogP contribution is -2.40. The Morgan fingerprint density at radius 1 is 1.19 bits per heavy atom. The average Bonchev–Trinajstić information content (AvgIpc) is 3.47. The Balaban J connectivity index is 1.50. The third-order valence-corrected chi connectivity index (χ3v) is 9.98. The lowest BCUT2D eigenvalue weighted by atomic mass is 10.2. The lowest BCUT2D eigenvalue weighted by Gasteiger charge is -2.20. The number of carbonyl (C=O) groups excluding carboxylic acids is 1. The van der Waals surface area contributed by atoms with E-state index in [1.807, 2.05) is 23.7 Å². The molecule has 0 N–H and O–H groups in total. The number of halogens is 1. The number of hydrogen-bond acceptors (Lipinski definition) is 7. The molecule has 164 valence electrons. The normalized spacial score (nSPS) is 19.9. The van der Waals surface area contributed by atoms with Gasteiger partial charge >= 0.3 is 0 Å². The van der Waals surface area contributed by atoms with E-state index in [0.717, 1.165) is 21.6 Å². The summed E-state index contributed by atoms with van der Waals surface area (Å²) in [6, 6.07) is 5.94. The van der Waals surface area contributed by atoms with Gasteiger partial charge in [0.2, 0.25) is 0 Å². The summed E-state index contributed by atoms with van der Waals surface area (Å²) < 4.78 is 41.8. The molecule has 0 aliphatic carbocycles. The third kappa shape index (κ3) is 3.68. The summed E-state index contributed by atoms with van der Waals surface area (Å²) in [6.07, 6.45) is 1.04. The predicted molar refractivity (Wildman–Crippen MR) is 119 cm³/mol. The Hall–Kier alpha value is -1.92. The molecular weight excluding hydrogens is 482 g/mol. The largest absolute Gasteiger partial charge is 0.486 e. The van der Waals surface area contributed by atoms with Gasteiger partial charge in [-0.2, -0.15) is 9.30 Å². The number of hydrogen-bond donors (Lipinski definition) is 0. The van der Waals surface area contributed by atoms with Crippen LogP contribution in [-0.2, 0) is 21.9 Å². The second kappa shape index (κ2) is 7.89. The summed E-state index contributed by atoms with van der Waals surface area (Å²) in [5.74, 6) is 0.858. The number of aromatic nitrogens is 1. The van der Waals surface area contributed by atoms with Crippen LogP contribution in [0, 0.1) is 0 Å². The maximum absolute atomic E-state index is 13.0. The number of carbonyl (C=O) groups is 1. The molecule has 1 atom stereocenters. The van der Waals surface area contributed by atoms with Crippen LogP contribution in [0.2, 0.25) is 4.34 Å². The van der Waals surface area contributed by atoms with Crippen molar-refractivity contribution in [2.24, 2.45) is 12.0 Å². The number of thiazole rings is 1. The van der Waals surface area contributed by atoms with E-state index >= 15 is 0 Å². The SMILES string of the molecule is Cn1c(=NC(=O)C2CCCN2S(=O)(=O)c2ccc(Cl)s2)sc2cc3c(cc21)OCCO3. The van der Waals surface area contributed by atoms with Crippen LogP contribution < -0.4 is 14.3 Å². The van der Waals surface area contributed by atoms with Crippen molar-refractivity contribution >= 4 is 60.4 Å². The molecule has 1 aromatic carbocycles. The van der Waals surface area contributed by atoms with E-state index in [0.29, 0.717) is 46.7 Å². The molecule has 8 nitrogen and oxygen atoms in total. The molecule has 3 aromatic rings. The number of aryl methyl sites for hydroxylation is 1. The molecular formula is C19H18ClN3O5S3. The molecule has 0 bridgehead atoms. The Morgan fingerprint density at radius 3 is 2.65 bits per heavy atom. The summed E-state index contributed by atoms with van der Waals surface area (Å²) in [5.41, 5.74) is 0.866. The van der Waals surface area contributed by atoms with Gasteiger partial charge in [0.05, 0.1) is 14.6 Å². The molecule has 2 aliphatic heterocycles. The Morgan fingerprint density at radius 2 is 1.94 bits per heavy atom. The first-order valence-corrected chi connectivity index (χ1v) is 13.0. The van der Waals surface area contributed by atoms with E-state index in [4.69, 9.17) is 21.1 Å². The van der Waals surface area contributed by atoms with E-state index in [1.54, 1.807) is 6.07 Å². The number of thiophene rings is 1. The molecule has 1 unspecified atom stereocenters. The van der Waals surface area contributed by atoms with Gasteiger partial charge in [-0.15, -0.1) is 11.3 Å². The number of benzene rings is 1. The van der Waals surface area contributed by atoms with Crippen LogP contribution in [0.1, 0.15) is 12.8 Å². The van der Waals surface area contributed by atoms with E-state index in [1.165, 1.54) is 21.7 Å². The van der Waals surface area contributed by atoms with Gasteiger partial charge < -0.3 is 14.0 Å². The van der Waals surface area contributed by atoms with E-state index in [2.05, 4.69) is 4.99 Å². The number of fused-ring (bicyclic) bond motifs is 2. The van der Waals surface area contributed by atoms with Crippen LogP contribution in [0.15, 0.2) is 33.5 Å². The molecule has 0 spiro atoms. The first-order valence-electron chi connectivity index (χ1n) is 9.59. The highest BCUT2D eigenvalue weighted by molar-refractivity contribution is 7.91. The summed E-state index contributed by atoms with van der Waals surface area (Å²) in [7, 11) is -1.98. The Bertz CT molecular complexity index is 1360. The Labute approximate surface area is 191 Å². The lowest BCUT2D eigenvalue weighted by molar-refractivity contribution is -0.121. The van der Waals surface area contributed by atoms with E-state index in [9.17, 15) is 13.2 Å². The summed E-state index contributed by atoms with van der Waals surface area (Å²) in [6.45, 7) is 1.26. The molecule has 12 heteroatoms. The van der Waals surface area contributed by atoms with Crippen LogP contribution in [0.4, 0.5) is 0 Å². The number of sulfonamides is 1. The van der Waals surface area contributed by atoms with Crippen molar-refractivity contribution in [2.75, 3.05) is 19.8 Å². The van der Waals surface area contributed by atoms with E-state index < -0.39 is 22.0 Å². The zero-order valence-corrected chi connectivity index (χ0v) is 19.6. The maximum Gasteiger partial charge on any atom is 0.266 e. The van der Waals surface area contributed by atoms with Gasteiger partial charge in [-0.1, -0.05) is 22.9 Å². The van der Waals surface area contributed by atoms with Crippen molar-refractivity contribution in [3.05, 3.63) is 33.4 Å². The van der Waals surface area contributed by atoms with Crippen LogP contribution in [-0.4, -0.2) is 49.0 Å². The molecule has 2 aromatic heterocycles. The quantitative estimate of drug-likeness (QED) is 0.552. The number of ether oxygens (including phenoxy) is 2. The van der Waals surface area contributed by atoms with Crippen molar-refractivity contribution in [2.45, 2.75) is 23.1 Å². The standard InChI is InChI=1S/C19H18ClN3O5S3/c1-22-12-9-13-14(28-8-7-27-13)10-15(12)29-19(22)21-18(24)11-3-2-6-23(11)31(25,26)17-5-4-16(20)30-17/h4-5,9-11H,2-3,6-8H2,1H3. The van der Waals surface area contributed by atoms with E-state index in [-0.39, 0.29) is 10.8 Å². The third-order valence-electron chi connectivity index (χ3n) is 5.28. The van der Waals surface area contributed by atoms with Gasteiger partial charge in [-0.25, -0.2) is 8.42 Å². The highest BCUT2D eigenvalue weighted by Crippen LogP contribution is 2.36. The van der Waals surface area contributed by atoms with Crippen LogP contribution in [0.3, 0.4) is 0 Å². The zero-order valence-electron chi connectivity index (χ0n) is 16.4. The van der Waals surface area contributed by atoms with Crippen LogP contribution >= 0.6 is 34.3 Å². The average molecular weight is 500 g/mol. The fraction of sp³-hybridized carbons (Fsp3) is 0.368. The van der Waals surface area contributed by atoms with Crippen LogP contribution in [0.25, 0.3) is 10.2 Å². The second-order valence-electron chi connectivity index (χ2n) is 7.19. The fourth-order valence-electron chi connectivity index (χ4n) is 3.77. The predicted octanol–water partition coefficient (Wildman–Crippen LogP) is 3.01. The molecule has 1 saturated heterocycles. The van der Waals surface area contributed by atoms with Gasteiger partial charge in [-0.05, 0) is 25.0 Å². The van der Waals surface area contributed by atoms with Crippen LogP contribution in [0.5, 0.6) is 11.5 Å². The minimum Gasteiger partial charge on any atom is -0.486 e. The Kier molecular flexibility index (Phi) is 5.33. The minimum atomic E-state index is -3.80. The van der Waals surface area contributed by atoms with Crippen molar-refractivity contribution < 1.29 is 22.7 Å². The molecule has 2 aliphatic rings.